The molecule has 1 aromatic carbocycles. The van der Waals surface area contributed by atoms with Gasteiger partial charge in [-0.2, -0.15) is 0 Å². The number of hydrogen-bond donors (Lipinski definition) is 1. The second-order valence-electron chi connectivity index (χ2n) is 4.66. The van der Waals surface area contributed by atoms with E-state index in [1.807, 2.05) is 12.1 Å². The lowest BCUT2D eigenvalue weighted by molar-refractivity contribution is 0.174. The number of rotatable bonds is 7. The van der Waals surface area contributed by atoms with Gasteiger partial charge >= 0.3 is 0 Å². The fraction of sp³-hybridized carbons (Fsp3) is 0.467. The number of fused-ring (bicyclic) bond motifs is 1. The Balaban J connectivity index is 1.77. The number of ether oxygens (including phenoxy) is 2. The van der Waals surface area contributed by atoms with Gasteiger partial charge in [0.05, 0.1) is 0 Å². The molecule has 0 aliphatic carbocycles. The molecule has 0 bridgehead atoms. The molecule has 0 saturated carbocycles. The number of benzene rings is 1. The Morgan fingerprint density at radius 1 is 1.39 bits per heavy atom. The van der Waals surface area contributed by atoms with Crippen LogP contribution in [-0.2, 0) is 6.42 Å². The van der Waals surface area contributed by atoms with E-state index in [1.54, 1.807) is 0 Å². The lowest BCUT2D eigenvalue weighted by Gasteiger charge is -2.13. The summed E-state index contributed by atoms with van der Waals surface area (Å²) >= 11 is 0. The molecule has 0 aromatic heterocycles. The van der Waals surface area contributed by atoms with Crippen LogP contribution in [0.25, 0.3) is 0 Å². The maximum absolute atomic E-state index is 5.38. The Labute approximate surface area is 109 Å². The normalized spacial score (nSPS) is 14.5. The zero-order chi connectivity index (χ0) is 12.8. The minimum absolute atomic E-state index is 0.346. The SMILES string of the molecule is C=CCCNC(C)CCc1ccc2c(c1)OCO2. The second kappa shape index (κ2) is 6.45. The summed E-state index contributed by atoms with van der Waals surface area (Å²) in [6.07, 6.45) is 5.14. The van der Waals surface area contributed by atoms with E-state index in [-0.39, 0.29) is 0 Å². The lowest BCUT2D eigenvalue weighted by Crippen LogP contribution is -2.27. The molecule has 0 fully saturated rings. The first-order valence-corrected chi connectivity index (χ1v) is 6.52. The molecule has 1 N–H and O–H groups in total. The zero-order valence-corrected chi connectivity index (χ0v) is 10.9. The van der Waals surface area contributed by atoms with Gasteiger partial charge in [0.2, 0.25) is 6.79 Å². The van der Waals surface area contributed by atoms with Crippen molar-refractivity contribution in [1.29, 1.82) is 0 Å². The summed E-state index contributed by atoms with van der Waals surface area (Å²) < 4.78 is 10.7. The molecular formula is C15H21NO2. The molecule has 18 heavy (non-hydrogen) atoms. The molecular weight excluding hydrogens is 226 g/mol. The van der Waals surface area contributed by atoms with Crippen LogP contribution in [0.15, 0.2) is 30.9 Å². The van der Waals surface area contributed by atoms with Crippen molar-refractivity contribution in [3.63, 3.8) is 0 Å². The van der Waals surface area contributed by atoms with Crippen LogP contribution in [0.2, 0.25) is 0 Å². The van der Waals surface area contributed by atoms with Crippen LogP contribution < -0.4 is 14.8 Å². The summed E-state index contributed by atoms with van der Waals surface area (Å²) in [5.41, 5.74) is 1.30. The van der Waals surface area contributed by atoms with Crippen LogP contribution in [0, 0.1) is 0 Å². The van der Waals surface area contributed by atoms with Gasteiger partial charge in [-0.1, -0.05) is 12.1 Å². The van der Waals surface area contributed by atoms with Crippen LogP contribution in [0.4, 0.5) is 0 Å². The molecule has 1 atom stereocenters. The molecule has 1 unspecified atom stereocenters. The maximum Gasteiger partial charge on any atom is 0.231 e. The summed E-state index contributed by atoms with van der Waals surface area (Å²) in [7, 11) is 0. The molecule has 3 nitrogen and oxygen atoms in total. The van der Waals surface area contributed by atoms with E-state index in [1.165, 1.54) is 5.56 Å². The van der Waals surface area contributed by atoms with Crippen LogP contribution in [0.5, 0.6) is 11.5 Å². The largest absolute Gasteiger partial charge is 0.454 e. The maximum atomic E-state index is 5.38. The van der Waals surface area contributed by atoms with Gasteiger partial charge in [0.25, 0.3) is 0 Å². The zero-order valence-electron chi connectivity index (χ0n) is 10.9. The van der Waals surface area contributed by atoms with Gasteiger partial charge in [0.15, 0.2) is 11.5 Å². The fourth-order valence-electron chi connectivity index (χ4n) is 2.01. The number of nitrogens with one attached hydrogen (secondary N) is 1. The first kappa shape index (κ1) is 13.0. The minimum Gasteiger partial charge on any atom is -0.454 e. The molecule has 3 heteroatoms. The van der Waals surface area contributed by atoms with E-state index < -0.39 is 0 Å². The van der Waals surface area contributed by atoms with Crippen molar-refractivity contribution in [3.05, 3.63) is 36.4 Å². The van der Waals surface area contributed by atoms with Crippen LogP contribution >= 0.6 is 0 Å². The molecule has 98 valence electrons. The molecule has 0 spiro atoms. The van der Waals surface area contributed by atoms with Crippen molar-refractivity contribution >= 4 is 0 Å². The molecule has 0 radical (unpaired) electrons. The Hall–Kier alpha value is -1.48. The molecule has 1 heterocycles. The minimum atomic E-state index is 0.346. The first-order valence-electron chi connectivity index (χ1n) is 6.52. The van der Waals surface area contributed by atoms with E-state index in [2.05, 4.69) is 31.0 Å². The number of aryl methyl sites for hydroxylation is 1. The van der Waals surface area contributed by atoms with Gasteiger partial charge in [0.1, 0.15) is 0 Å². The Bertz CT molecular complexity index is 403. The highest BCUT2D eigenvalue weighted by Gasteiger charge is 2.13. The fourth-order valence-corrected chi connectivity index (χ4v) is 2.01. The summed E-state index contributed by atoms with van der Waals surface area (Å²) in [4.78, 5) is 0. The van der Waals surface area contributed by atoms with Crippen molar-refractivity contribution in [2.24, 2.45) is 0 Å². The quantitative estimate of drug-likeness (QED) is 0.593. The Morgan fingerprint density at radius 2 is 2.22 bits per heavy atom. The molecule has 1 aliphatic rings. The van der Waals surface area contributed by atoms with E-state index >= 15 is 0 Å². The highest BCUT2D eigenvalue weighted by atomic mass is 16.7. The average molecular weight is 247 g/mol. The van der Waals surface area contributed by atoms with E-state index in [0.29, 0.717) is 12.8 Å². The van der Waals surface area contributed by atoms with Crippen molar-refractivity contribution in [2.45, 2.75) is 32.2 Å². The van der Waals surface area contributed by atoms with E-state index in [4.69, 9.17) is 9.47 Å². The summed E-state index contributed by atoms with van der Waals surface area (Å²) in [5.74, 6) is 1.73. The molecule has 0 amide bonds. The van der Waals surface area contributed by atoms with Crippen molar-refractivity contribution in [2.75, 3.05) is 13.3 Å². The van der Waals surface area contributed by atoms with Gasteiger partial charge < -0.3 is 14.8 Å². The van der Waals surface area contributed by atoms with Crippen LogP contribution in [0.1, 0.15) is 25.3 Å². The van der Waals surface area contributed by atoms with Gasteiger partial charge in [0, 0.05) is 6.04 Å². The summed E-state index contributed by atoms with van der Waals surface area (Å²) in [5, 5.41) is 3.48. The standard InChI is InChI=1S/C15H21NO2/c1-3-4-9-16-12(2)5-6-13-7-8-14-15(10-13)18-11-17-14/h3,7-8,10,12,16H,1,4-6,9,11H2,2H3. The molecule has 1 aliphatic heterocycles. The van der Waals surface area contributed by atoms with E-state index in [0.717, 1.165) is 37.3 Å². The van der Waals surface area contributed by atoms with E-state index in [9.17, 15) is 0 Å². The highest BCUT2D eigenvalue weighted by Crippen LogP contribution is 2.32. The van der Waals surface area contributed by atoms with Crippen molar-refractivity contribution in [3.8, 4) is 11.5 Å². The van der Waals surface area contributed by atoms with Crippen LogP contribution in [0.3, 0.4) is 0 Å². The topological polar surface area (TPSA) is 30.5 Å². The summed E-state index contributed by atoms with van der Waals surface area (Å²) in [6, 6.07) is 6.71. The van der Waals surface area contributed by atoms with Gasteiger partial charge in [-0.25, -0.2) is 0 Å². The van der Waals surface area contributed by atoms with Crippen LogP contribution in [-0.4, -0.2) is 19.4 Å². The highest BCUT2D eigenvalue weighted by molar-refractivity contribution is 5.44. The molecule has 1 aromatic rings. The lowest BCUT2D eigenvalue weighted by atomic mass is 10.1. The monoisotopic (exact) mass is 247 g/mol. The van der Waals surface area contributed by atoms with Gasteiger partial charge in [-0.15, -0.1) is 6.58 Å². The predicted octanol–water partition coefficient (Wildman–Crippen LogP) is 2.90. The third-order valence-electron chi connectivity index (χ3n) is 3.14. The Kier molecular flexibility index (Phi) is 4.65. The van der Waals surface area contributed by atoms with Gasteiger partial charge in [-0.3, -0.25) is 0 Å². The molecule has 2 rings (SSSR count). The van der Waals surface area contributed by atoms with Gasteiger partial charge in [-0.05, 0) is 50.4 Å². The second-order valence-corrected chi connectivity index (χ2v) is 4.66. The first-order chi connectivity index (χ1) is 8.79. The third-order valence-corrected chi connectivity index (χ3v) is 3.14. The number of hydrogen-bond acceptors (Lipinski definition) is 3. The molecule has 0 saturated heterocycles. The Morgan fingerprint density at radius 3 is 3.06 bits per heavy atom. The smallest absolute Gasteiger partial charge is 0.231 e. The predicted molar refractivity (Wildman–Crippen MR) is 73.2 cm³/mol. The third kappa shape index (κ3) is 3.50. The summed E-state index contributed by atoms with van der Waals surface area (Å²) in [6.45, 7) is 7.29. The van der Waals surface area contributed by atoms with Crippen molar-refractivity contribution in [1.82, 2.24) is 5.32 Å². The average Bonchev–Trinajstić information content (AvgIpc) is 2.84. The van der Waals surface area contributed by atoms with Crippen molar-refractivity contribution < 1.29 is 9.47 Å².